The standard InChI is InChI=1S/C16H25NO4/c1-5-16(17,15(18)21-8-4)13-10-9-12(19-6-2)11-14(13)20-7-3/h9-11H,5-8,17H2,1-4H3. The smallest absolute Gasteiger partial charge is 0.330 e. The lowest BCUT2D eigenvalue weighted by molar-refractivity contribution is -0.150. The highest BCUT2D eigenvalue weighted by atomic mass is 16.5. The fourth-order valence-electron chi connectivity index (χ4n) is 2.11. The van der Waals surface area contributed by atoms with Gasteiger partial charge in [0.1, 0.15) is 17.0 Å². The van der Waals surface area contributed by atoms with E-state index < -0.39 is 11.5 Å². The summed E-state index contributed by atoms with van der Waals surface area (Å²) in [4.78, 5) is 12.2. The van der Waals surface area contributed by atoms with Gasteiger partial charge < -0.3 is 19.9 Å². The molecule has 1 atom stereocenters. The zero-order valence-corrected chi connectivity index (χ0v) is 13.3. The summed E-state index contributed by atoms with van der Waals surface area (Å²) in [7, 11) is 0. The van der Waals surface area contributed by atoms with E-state index in [0.717, 1.165) is 0 Å². The largest absolute Gasteiger partial charge is 0.494 e. The first-order valence-corrected chi connectivity index (χ1v) is 7.39. The first kappa shape index (κ1) is 17.3. The molecule has 0 bridgehead atoms. The number of benzene rings is 1. The number of rotatable bonds is 8. The summed E-state index contributed by atoms with van der Waals surface area (Å²) in [6.07, 6.45) is 0.417. The van der Waals surface area contributed by atoms with Crippen LogP contribution in [0.4, 0.5) is 0 Å². The topological polar surface area (TPSA) is 70.8 Å². The van der Waals surface area contributed by atoms with E-state index in [1.165, 1.54) is 0 Å². The molecule has 1 unspecified atom stereocenters. The van der Waals surface area contributed by atoms with Crippen molar-refractivity contribution in [2.45, 2.75) is 39.7 Å². The summed E-state index contributed by atoms with van der Waals surface area (Å²) >= 11 is 0. The number of hydrogen-bond acceptors (Lipinski definition) is 5. The maximum absolute atomic E-state index is 12.2. The Morgan fingerprint density at radius 3 is 2.29 bits per heavy atom. The van der Waals surface area contributed by atoms with Gasteiger partial charge in [-0.3, -0.25) is 0 Å². The van der Waals surface area contributed by atoms with Crippen molar-refractivity contribution in [2.75, 3.05) is 19.8 Å². The van der Waals surface area contributed by atoms with Gasteiger partial charge in [-0.25, -0.2) is 4.79 Å². The van der Waals surface area contributed by atoms with E-state index in [0.29, 0.717) is 43.3 Å². The average molecular weight is 295 g/mol. The van der Waals surface area contributed by atoms with Crippen LogP contribution in [-0.2, 0) is 15.1 Å². The van der Waals surface area contributed by atoms with Gasteiger partial charge in [0.2, 0.25) is 0 Å². The van der Waals surface area contributed by atoms with Gasteiger partial charge in [0.05, 0.1) is 19.8 Å². The number of hydrogen-bond donors (Lipinski definition) is 1. The summed E-state index contributed by atoms with van der Waals surface area (Å²) in [5, 5.41) is 0. The molecule has 5 heteroatoms. The van der Waals surface area contributed by atoms with Crippen LogP contribution in [0.3, 0.4) is 0 Å². The van der Waals surface area contributed by atoms with Gasteiger partial charge in [-0.15, -0.1) is 0 Å². The van der Waals surface area contributed by atoms with Crippen molar-refractivity contribution in [3.05, 3.63) is 23.8 Å². The molecule has 0 aromatic heterocycles. The monoisotopic (exact) mass is 295 g/mol. The zero-order valence-electron chi connectivity index (χ0n) is 13.3. The van der Waals surface area contributed by atoms with Gasteiger partial charge in [0.15, 0.2) is 0 Å². The molecule has 2 N–H and O–H groups in total. The van der Waals surface area contributed by atoms with Crippen molar-refractivity contribution in [3.8, 4) is 11.5 Å². The maximum atomic E-state index is 12.2. The molecule has 0 aliphatic rings. The van der Waals surface area contributed by atoms with Crippen molar-refractivity contribution in [3.63, 3.8) is 0 Å². The van der Waals surface area contributed by atoms with Crippen molar-refractivity contribution < 1.29 is 19.0 Å². The molecule has 0 spiro atoms. The van der Waals surface area contributed by atoms with Crippen LogP contribution >= 0.6 is 0 Å². The highest BCUT2D eigenvalue weighted by Crippen LogP contribution is 2.35. The number of nitrogens with two attached hydrogens (primary N) is 1. The van der Waals surface area contributed by atoms with Crippen LogP contribution in [0.5, 0.6) is 11.5 Å². The number of carbonyl (C=O) groups is 1. The molecule has 21 heavy (non-hydrogen) atoms. The van der Waals surface area contributed by atoms with Crippen LogP contribution in [-0.4, -0.2) is 25.8 Å². The van der Waals surface area contributed by atoms with E-state index in [-0.39, 0.29) is 0 Å². The predicted octanol–water partition coefficient (Wildman–Crippen LogP) is 2.61. The van der Waals surface area contributed by atoms with E-state index in [4.69, 9.17) is 19.9 Å². The van der Waals surface area contributed by atoms with Gasteiger partial charge >= 0.3 is 5.97 Å². The Morgan fingerprint density at radius 2 is 1.76 bits per heavy atom. The lowest BCUT2D eigenvalue weighted by Crippen LogP contribution is -2.45. The Bertz CT molecular complexity index is 475. The predicted molar refractivity (Wildman–Crippen MR) is 81.6 cm³/mol. The van der Waals surface area contributed by atoms with Crippen molar-refractivity contribution in [2.24, 2.45) is 5.73 Å². The molecule has 0 saturated carbocycles. The molecular formula is C16H25NO4. The molecule has 0 aliphatic carbocycles. The lowest BCUT2D eigenvalue weighted by Gasteiger charge is -2.28. The third-order valence-electron chi connectivity index (χ3n) is 3.24. The minimum atomic E-state index is -1.22. The normalized spacial score (nSPS) is 13.4. The van der Waals surface area contributed by atoms with Gasteiger partial charge in [0, 0.05) is 11.6 Å². The minimum absolute atomic E-state index is 0.290. The minimum Gasteiger partial charge on any atom is -0.494 e. The molecule has 1 aromatic rings. The van der Waals surface area contributed by atoms with E-state index >= 15 is 0 Å². The fraction of sp³-hybridized carbons (Fsp3) is 0.562. The summed E-state index contributed by atoms with van der Waals surface area (Å²) < 4.78 is 16.2. The van der Waals surface area contributed by atoms with E-state index in [9.17, 15) is 4.79 Å². The Balaban J connectivity index is 3.27. The highest BCUT2D eigenvalue weighted by molar-refractivity contribution is 5.83. The second kappa shape index (κ2) is 7.88. The number of carbonyl (C=O) groups excluding carboxylic acids is 1. The first-order valence-electron chi connectivity index (χ1n) is 7.39. The molecule has 0 radical (unpaired) electrons. The summed E-state index contributed by atoms with van der Waals surface area (Å²) in [5.41, 5.74) is 5.71. The molecule has 0 saturated heterocycles. The molecule has 0 fully saturated rings. The summed E-state index contributed by atoms with van der Waals surface area (Å²) in [6, 6.07) is 5.33. The molecule has 0 aliphatic heterocycles. The Labute approximate surface area is 126 Å². The lowest BCUT2D eigenvalue weighted by atomic mass is 9.87. The second-order valence-electron chi connectivity index (χ2n) is 4.57. The molecule has 1 aromatic carbocycles. The summed E-state index contributed by atoms with van der Waals surface area (Å²) in [5.74, 6) is 0.797. The second-order valence-corrected chi connectivity index (χ2v) is 4.57. The van der Waals surface area contributed by atoms with E-state index in [2.05, 4.69) is 0 Å². The van der Waals surface area contributed by atoms with Crippen LogP contribution < -0.4 is 15.2 Å². The molecule has 0 amide bonds. The van der Waals surface area contributed by atoms with Gasteiger partial charge in [-0.2, -0.15) is 0 Å². The summed E-state index contributed by atoms with van der Waals surface area (Å²) in [6.45, 7) is 8.73. The SMILES string of the molecule is CCOC(=O)C(N)(CC)c1ccc(OCC)cc1OCC. The van der Waals surface area contributed by atoms with Crippen molar-refractivity contribution >= 4 is 5.97 Å². The maximum Gasteiger partial charge on any atom is 0.330 e. The molecule has 5 nitrogen and oxygen atoms in total. The van der Waals surface area contributed by atoms with Crippen LogP contribution in [0.2, 0.25) is 0 Å². The van der Waals surface area contributed by atoms with Crippen molar-refractivity contribution in [1.82, 2.24) is 0 Å². The first-order chi connectivity index (χ1) is 10.0. The molecule has 0 heterocycles. The van der Waals surface area contributed by atoms with Crippen LogP contribution in [0.25, 0.3) is 0 Å². The van der Waals surface area contributed by atoms with E-state index in [1.807, 2.05) is 20.8 Å². The van der Waals surface area contributed by atoms with Gasteiger partial charge in [-0.1, -0.05) is 6.92 Å². The average Bonchev–Trinajstić information content (AvgIpc) is 2.47. The van der Waals surface area contributed by atoms with Crippen LogP contribution in [0.1, 0.15) is 39.7 Å². The third-order valence-corrected chi connectivity index (χ3v) is 3.24. The number of ether oxygens (including phenoxy) is 3. The molecule has 1 rings (SSSR count). The molecule has 118 valence electrons. The fourth-order valence-corrected chi connectivity index (χ4v) is 2.11. The Kier molecular flexibility index (Phi) is 6.49. The van der Waals surface area contributed by atoms with Crippen molar-refractivity contribution in [1.29, 1.82) is 0 Å². The quantitative estimate of drug-likeness (QED) is 0.746. The van der Waals surface area contributed by atoms with Gasteiger partial charge in [0.25, 0.3) is 0 Å². The molecular weight excluding hydrogens is 270 g/mol. The van der Waals surface area contributed by atoms with E-state index in [1.54, 1.807) is 25.1 Å². The third kappa shape index (κ3) is 3.88. The Hall–Kier alpha value is -1.75. The Morgan fingerprint density at radius 1 is 1.10 bits per heavy atom. The van der Waals surface area contributed by atoms with Gasteiger partial charge in [-0.05, 0) is 39.3 Å². The van der Waals surface area contributed by atoms with Crippen LogP contribution in [0.15, 0.2) is 18.2 Å². The highest BCUT2D eigenvalue weighted by Gasteiger charge is 2.38. The van der Waals surface area contributed by atoms with Crippen LogP contribution in [0, 0.1) is 0 Å². The number of esters is 1. The zero-order chi connectivity index (χ0) is 15.9.